The van der Waals surface area contributed by atoms with E-state index >= 15 is 0 Å². The summed E-state index contributed by atoms with van der Waals surface area (Å²) >= 11 is 1.30. The molecule has 0 radical (unpaired) electrons. The van der Waals surface area contributed by atoms with Gasteiger partial charge in [-0.15, -0.1) is 0 Å². The Morgan fingerprint density at radius 1 is 0.882 bits per heavy atom. The number of rotatable bonds is 2. The molecule has 0 aliphatic heterocycles. The van der Waals surface area contributed by atoms with E-state index in [0.717, 1.165) is 16.5 Å². The summed E-state index contributed by atoms with van der Waals surface area (Å²) in [7, 11) is 0. The van der Waals surface area contributed by atoms with Gasteiger partial charge in [-0.25, -0.2) is 8.78 Å². The molecule has 0 aliphatic carbocycles. The molecule has 0 fully saturated rings. The number of hydrogen-bond donors (Lipinski definition) is 0. The molecule has 3 heteroatoms. The molecule has 0 N–H and O–H groups in total. The first-order valence-corrected chi connectivity index (χ1v) is 6.08. The Morgan fingerprint density at radius 3 is 2.29 bits per heavy atom. The van der Waals surface area contributed by atoms with Crippen LogP contribution in [0.15, 0.2) is 46.2 Å². The van der Waals surface area contributed by atoms with Gasteiger partial charge in [0.15, 0.2) is 0 Å². The summed E-state index contributed by atoms with van der Waals surface area (Å²) in [6.07, 6.45) is 0. The second-order valence-corrected chi connectivity index (χ2v) is 5.04. The van der Waals surface area contributed by atoms with Crippen LogP contribution in [-0.4, -0.2) is 0 Å². The summed E-state index contributed by atoms with van der Waals surface area (Å²) in [5.41, 5.74) is 2.37. The lowest BCUT2D eigenvalue weighted by atomic mass is 10.1. The Kier molecular flexibility index (Phi) is 3.48. The Morgan fingerprint density at radius 2 is 1.65 bits per heavy atom. The molecule has 2 aromatic carbocycles. The molecule has 2 rings (SSSR count). The molecule has 0 atom stereocenters. The highest BCUT2D eigenvalue weighted by atomic mass is 32.2. The van der Waals surface area contributed by atoms with Crippen molar-refractivity contribution in [1.29, 1.82) is 0 Å². The normalized spacial score (nSPS) is 10.6. The molecule has 0 unspecified atom stereocenters. The van der Waals surface area contributed by atoms with E-state index in [1.54, 1.807) is 0 Å². The van der Waals surface area contributed by atoms with Gasteiger partial charge in [0, 0.05) is 15.9 Å². The van der Waals surface area contributed by atoms with Crippen LogP contribution in [0.2, 0.25) is 0 Å². The fraction of sp³-hybridized carbons (Fsp3) is 0.143. The summed E-state index contributed by atoms with van der Waals surface area (Å²) in [6, 6.07) is 9.58. The van der Waals surface area contributed by atoms with E-state index in [4.69, 9.17) is 0 Å². The van der Waals surface area contributed by atoms with Crippen molar-refractivity contribution in [2.45, 2.75) is 23.6 Å². The van der Waals surface area contributed by atoms with Gasteiger partial charge in [-0.1, -0.05) is 17.8 Å². The maximum atomic E-state index is 13.5. The van der Waals surface area contributed by atoms with E-state index in [1.165, 1.54) is 29.5 Å². The third kappa shape index (κ3) is 2.86. The van der Waals surface area contributed by atoms with Gasteiger partial charge >= 0.3 is 0 Å². The summed E-state index contributed by atoms with van der Waals surface area (Å²) < 4.78 is 26.2. The van der Waals surface area contributed by atoms with Gasteiger partial charge in [0.1, 0.15) is 11.6 Å². The van der Waals surface area contributed by atoms with Gasteiger partial charge < -0.3 is 0 Å². The first kappa shape index (κ1) is 12.1. The van der Waals surface area contributed by atoms with E-state index in [0.29, 0.717) is 4.90 Å². The Balaban J connectivity index is 2.28. The first-order chi connectivity index (χ1) is 8.06. The standard InChI is InChI=1S/C14H12F2S/c1-9-3-5-12(7-10(9)2)17-14-6-4-11(15)8-13(14)16/h3-8H,1-2H3. The summed E-state index contributed by atoms with van der Waals surface area (Å²) in [4.78, 5) is 1.40. The third-order valence-electron chi connectivity index (χ3n) is 2.60. The fourth-order valence-electron chi connectivity index (χ4n) is 1.46. The molecule has 88 valence electrons. The van der Waals surface area contributed by atoms with Crippen molar-refractivity contribution >= 4 is 11.8 Å². The van der Waals surface area contributed by atoms with Crippen molar-refractivity contribution in [3.63, 3.8) is 0 Å². The number of benzene rings is 2. The van der Waals surface area contributed by atoms with Gasteiger partial charge in [-0.2, -0.15) is 0 Å². The molecule has 17 heavy (non-hydrogen) atoms. The number of hydrogen-bond acceptors (Lipinski definition) is 1. The molecule has 2 aromatic rings. The molecule has 0 aliphatic rings. The lowest BCUT2D eigenvalue weighted by Crippen LogP contribution is -1.85. The summed E-state index contributed by atoms with van der Waals surface area (Å²) in [5.74, 6) is -1.07. The Bertz CT molecular complexity index is 550. The molecule has 0 bridgehead atoms. The van der Waals surface area contributed by atoms with E-state index in [9.17, 15) is 8.78 Å². The number of halogens is 2. The van der Waals surface area contributed by atoms with Crippen LogP contribution >= 0.6 is 11.8 Å². The second kappa shape index (κ2) is 4.88. The molecule has 0 saturated carbocycles. The van der Waals surface area contributed by atoms with Crippen molar-refractivity contribution in [2.24, 2.45) is 0 Å². The zero-order chi connectivity index (χ0) is 12.4. The quantitative estimate of drug-likeness (QED) is 0.742. The first-order valence-electron chi connectivity index (χ1n) is 5.26. The molecule has 0 nitrogen and oxygen atoms in total. The minimum Gasteiger partial charge on any atom is -0.207 e. The highest BCUT2D eigenvalue weighted by Gasteiger charge is 2.06. The van der Waals surface area contributed by atoms with Crippen LogP contribution in [0, 0.1) is 25.5 Å². The molecular weight excluding hydrogens is 238 g/mol. The highest BCUT2D eigenvalue weighted by Crippen LogP contribution is 2.31. The van der Waals surface area contributed by atoms with Crippen molar-refractivity contribution in [1.82, 2.24) is 0 Å². The maximum Gasteiger partial charge on any atom is 0.140 e. The van der Waals surface area contributed by atoms with Crippen LogP contribution < -0.4 is 0 Å². The monoisotopic (exact) mass is 250 g/mol. The predicted octanol–water partition coefficient (Wildman–Crippen LogP) is 4.73. The van der Waals surface area contributed by atoms with Gasteiger partial charge in [-0.05, 0) is 49.2 Å². The van der Waals surface area contributed by atoms with Crippen LogP contribution in [0.3, 0.4) is 0 Å². The van der Waals surface area contributed by atoms with Crippen LogP contribution in [-0.2, 0) is 0 Å². The van der Waals surface area contributed by atoms with Crippen molar-refractivity contribution < 1.29 is 8.78 Å². The summed E-state index contributed by atoms with van der Waals surface area (Å²) in [5, 5.41) is 0. The molecule has 0 amide bonds. The van der Waals surface area contributed by atoms with Gasteiger partial charge in [0.2, 0.25) is 0 Å². The minimum atomic E-state index is -0.549. The van der Waals surface area contributed by atoms with Crippen LogP contribution in [0.5, 0.6) is 0 Å². The van der Waals surface area contributed by atoms with Crippen molar-refractivity contribution in [2.75, 3.05) is 0 Å². The van der Waals surface area contributed by atoms with E-state index < -0.39 is 11.6 Å². The number of aryl methyl sites for hydroxylation is 2. The zero-order valence-electron chi connectivity index (χ0n) is 9.63. The molecular formula is C14H12F2S. The summed E-state index contributed by atoms with van der Waals surface area (Å²) in [6.45, 7) is 4.04. The van der Waals surface area contributed by atoms with E-state index in [1.807, 2.05) is 32.0 Å². The SMILES string of the molecule is Cc1ccc(Sc2ccc(F)cc2F)cc1C. The van der Waals surface area contributed by atoms with Crippen molar-refractivity contribution in [3.05, 3.63) is 59.2 Å². The smallest absolute Gasteiger partial charge is 0.140 e. The zero-order valence-corrected chi connectivity index (χ0v) is 10.4. The van der Waals surface area contributed by atoms with Crippen molar-refractivity contribution in [3.8, 4) is 0 Å². The van der Waals surface area contributed by atoms with Gasteiger partial charge in [0.05, 0.1) is 0 Å². The van der Waals surface area contributed by atoms with Gasteiger partial charge in [0.25, 0.3) is 0 Å². The minimum absolute atomic E-state index is 0.439. The lowest BCUT2D eigenvalue weighted by Gasteiger charge is -2.06. The Labute approximate surface area is 104 Å². The fourth-order valence-corrected chi connectivity index (χ4v) is 2.38. The second-order valence-electron chi connectivity index (χ2n) is 3.92. The van der Waals surface area contributed by atoms with Crippen LogP contribution in [0.1, 0.15) is 11.1 Å². The van der Waals surface area contributed by atoms with E-state index in [-0.39, 0.29) is 0 Å². The predicted molar refractivity (Wildman–Crippen MR) is 66.4 cm³/mol. The largest absolute Gasteiger partial charge is 0.207 e. The van der Waals surface area contributed by atoms with Gasteiger partial charge in [-0.3, -0.25) is 0 Å². The average molecular weight is 250 g/mol. The van der Waals surface area contributed by atoms with Crippen LogP contribution in [0.4, 0.5) is 8.78 Å². The molecule has 0 aromatic heterocycles. The topological polar surface area (TPSA) is 0 Å². The molecule has 0 saturated heterocycles. The Hall–Kier alpha value is -1.35. The third-order valence-corrected chi connectivity index (χ3v) is 3.64. The maximum absolute atomic E-state index is 13.5. The average Bonchev–Trinajstić information content (AvgIpc) is 2.27. The van der Waals surface area contributed by atoms with Crippen LogP contribution in [0.25, 0.3) is 0 Å². The highest BCUT2D eigenvalue weighted by molar-refractivity contribution is 7.99. The van der Waals surface area contributed by atoms with E-state index in [2.05, 4.69) is 0 Å². The lowest BCUT2D eigenvalue weighted by molar-refractivity contribution is 0.565. The molecule has 0 heterocycles. The molecule has 0 spiro atoms.